The average Bonchev–Trinajstić information content (AvgIpc) is 3.04. The second-order valence-corrected chi connectivity index (χ2v) is 9.77. The Bertz CT molecular complexity index is 1200. The van der Waals surface area contributed by atoms with Gasteiger partial charge in [0, 0.05) is 7.11 Å². The predicted octanol–water partition coefficient (Wildman–Crippen LogP) is 6.63. The van der Waals surface area contributed by atoms with Gasteiger partial charge in [0.25, 0.3) is 11.1 Å². The summed E-state index contributed by atoms with van der Waals surface area (Å²) in [5.74, 6) is 0.365. The number of carbonyl (C=O) groups is 2. The molecule has 5 nitrogen and oxygen atoms in total. The minimum atomic E-state index is -0.305. The smallest absolute Gasteiger partial charge is 0.293 e. The maximum atomic E-state index is 12.5. The van der Waals surface area contributed by atoms with Crippen LogP contribution in [0.1, 0.15) is 11.1 Å². The number of methoxy groups -OCH3 is 1. The Hall–Kier alpha value is -2.13. The van der Waals surface area contributed by atoms with Gasteiger partial charge in [0.15, 0.2) is 0 Å². The molecule has 1 fully saturated rings. The summed E-state index contributed by atoms with van der Waals surface area (Å²) in [6.07, 6.45) is 1.71. The Morgan fingerprint density at radius 1 is 1.03 bits per heavy atom. The number of ether oxygens (including phenoxy) is 2. The van der Waals surface area contributed by atoms with Gasteiger partial charge in [-0.05, 0) is 83.7 Å². The molecule has 3 aromatic carbocycles. The molecule has 0 aromatic heterocycles. The van der Waals surface area contributed by atoms with E-state index in [1.807, 2.05) is 30.3 Å². The van der Waals surface area contributed by atoms with E-state index in [-0.39, 0.29) is 17.7 Å². The summed E-state index contributed by atoms with van der Waals surface area (Å²) in [5.41, 5.74) is 1.87. The lowest BCUT2D eigenvalue weighted by molar-refractivity contribution is -0.123. The van der Waals surface area contributed by atoms with Crippen molar-refractivity contribution < 1.29 is 19.1 Å². The highest BCUT2D eigenvalue weighted by Crippen LogP contribution is 2.38. The minimum Gasteiger partial charge on any atom is -0.487 e. The molecule has 1 aliphatic heterocycles. The Morgan fingerprint density at radius 3 is 2.50 bits per heavy atom. The molecule has 0 saturated carbocycles. The molecule has 0 N–H and O–H groups in total. The van der Waals surface area contributed by atoms with E-state index < -0.39 is 0 Å². The van der Waals surface area contributed by atoms with E-state index in [2.05, 4.69) is 56.1 Å². The summed E-state index contributed by atoms with van der Waals surface area (Å²) >= 11 is 8.08. The Labute approximate surface area is 207 Å². The predicted molar refractivity (Wildman–Crippen MR) is 135 cm³/mol. The summed E-state index contributed by atoms with van der Waals surface area (Å²) in [4.78, 5) is 26.3. The van der Waals surface area contributed by atoms with Gasteiger partial charge in [-0.1, -0.05) is 42.5 Å². The van der Waals surface area contributed by atoms with Gasteiger partial charge in [-0.15, -0.1) is 0 Å². The molecule has 4 rings (SSSR count). The first kappa shape index (κ1) is 23.0. The van der Waals surface area contributed by atoms with Crippen molar-refractivity contribution in [2.45, 2.75) is 6.61 Å². The molecule has 0 radical (unpaired) electrons. The summed E-state index contributed by atoms with van der Waals surface area (Å²) in [5, 5.41) is 2.04. The van der Waals surface area contributed by atoms with Gasteiger partial charge in [-0.2, -0.15) is 0 Å². The van der Waals surface area contributed by atoms with Crippen molar-refractivity contribution >= 4 is 71.6 Å². The summed E-state index contributed by atoms with van der Waals surface area (Å²) in [6, 6.07) is 18.1. The van der Waals surface area contributed by atoms with Crippen molar-refractivity contribution in [3.8, 4) is 5.75 Å². The van der Waals surface area contributed by atoms with E-state index in [0.29, 0.717) is 23.9 Å². The van der Waals surface area contributed by atoms with Gasteiger partial charge < -0.3 is 9.47 Å². The highest BCUT2D eigenvalue weighted by molar-refractivity contribution is 9.11. The zero-order valence-electron chi connectivity index (χ0n) is 17.1. The number of hydrogen-bond acceptors (Lipinski definition) is 5. The number of fused-ring (bicyclic) bond motifs is 1. The van der Waals surface area contributed by atoms with E-state index in [1.54, 1.807) is 6.08 Å². The van der Waals surface area contributed by atoms with Gasteiger partial charge in [0.1, 0.15) is 12.4 Å². The molecule has 1 aliphatic rings. The molecule has 0 atom stereocenters. The van der Waals surface area contributed by atoms with Crippen LogP contribution in [0.5, 0.6) is 5.75 Å². The Morgan fingerprint density at radius 2 is 1.75 bits per heavy atom. The number of nitrogens with zero attached hydrogens (tertiary/aromatic N) is 1. The molecule has 1 heterocycles. The van der Waals surface area contributed by atoms with E-state index >= 15 is 0 Å². The lowest BCUT2D eigenvalue weighted by atomic mass is 10.1. The SMILES string of the molecule is COCCN1C(=O)S/C(=C/c2cc(Br)c(OCc3cccc4ccccc34)c(Br)c2)C1=O. The molecule has 1 saturated heterocycles. The van der Waals surface area contributed by atoms with Crippen molar-refractivity contribution in [3.63, 3.8) is 0 Å². The van der Waals surface area contributed by atoms with Crippen LogP contribution in [-0.2, 0) is 16.1 Å². The first-order valence-corrected chi connectivity index (χ1v) is 12.2. The number of hydrogen-bond donors (Lipinski definition) is 0. The number of halogens is 2. The molecular weight excluding hydrogens is 558 g/mol. The second-order valence-electron chi connectivity index (χ2n) is 7.07. The quantitative estimate of drug-likeness (QED) is 0.296. The van der Waals surface area contributed by atoms with Crippen molar-refractivity contribution in [2.75, 3.05) is 20.3 Å². The van der Waals surface area contributed by atoms with Crippen molar-refractivity contribution in [2.24, 2.45) is 0 Å². The Balaban J connectivity index is 1.53. The van der Waals surface area contributed by atoms with Crippen molar-refractivity contribution in [3.05, 3.63) is 79.6 Å². The topological polar surface area (TPSA) is 55.8 Å². The molecule has 164 valence electrons. The zero-order chi connectivity index (χ0) is 22.7. The number of imide groups is 1. The van der Waals surface area contributed by atoms with Crippen LogP contribution < -0.4 is 4.74 Å². The second kappa shape index (κ2) is 10.2. The third-order valence-corrected chi connectivity index (χ3v) is 7.05. The van der Waals surface area contributed by atoms with Crippen LogP contribution in [0, 0.1) is 0 Å². The van der Waals surface area contributed by atoms with Gasteiger partial charge in [-0.25, -0.2) is 0 Å². The van der Waals surface area contributed by atoms with Crippen LogP contribution >= 0.6 is 43.6 Å². The number of amides is 2. The molecule has 0 unspecified atom stereocenters. The van der Waals surface area contributed by atoms with Gasteiger partial charge in [-0.3, -0.25) is 14.5 Å². The fourth-order valence-electron chi connectivity index (χ4n) is 3.40. The van der Waals surface area contributed by atoms with Crippen LogP contribution in [0.2, 0.25) is 0 Å². The summed E-state index contributed by atoms with van der Waals surface area (Å²) in [6.45, 7) is 0.967. The monoisotopic (exact) mass is 575 g/mol. The number of thioether (sulfide) groups is 1. The van der Waals surface area contributed by atoms with E-state index in [0.717, 1.165) is 37.2 Å². The van der Waals surface area contributed by atoms with E-state index in [4.69, 9.17) is 9.47 Å². The largest absolute Gasteiger partial charge is 0.487 e. The van der Waals surface area contributed by atoms with Crippen LogP contribution in [0.4, 0.5) is 4.79 Å². The first-order valence-electron chi connectivity index (χ1n) is 9.80. The maximum Gasteiger partial charge on any atom is 0.293 e. The van der Waals surface area contributed by atoms with Crippen LogP contribution in [0.25, 0.3) is 16.8 Å². The molecule has 0 bridgehead atoms. The van der Waals surface area contributed by atoms with Crippen LogP contribution in [0.3, 0.4) is 0 Å². The normalized spacial score (nSPS) is 15.2. The third-order valence-electron chi connectivity index (χ3n) is 4.96. The summed E-state index contributed by atoms with van der Waals surface area (Å²) < 4.78 is 12.6. The van der Waals surface area contributed by atoms with Crippen molar-refractivity contribution in [1.29, 1.82) is 0 Å². The maximum absolute atomic E-state index is 12.5. The fraction of sp³-hybridized carbons (Fsp3) is 0.167. The Kier molecular flexibility index (Phi) is 7.35. The molecule has 0 aliphatic carbocycles. The molecule has 8 heteroatoms. The van der Waals surface area contributed by atoms with E-state index in [1.165, 1.54) is 17.4 Å². The fourth-order valence-corrected chi connectivity index (χ4v) is 5.71. The third kappa shape index (κ3) is 4.93. The summed E-state index contributed by atoms with van der Waals surface area (Å²) in [7, 11) is 1.54. The minimum absolute atomic E-state index is 0.243. The van der Waals surface area contributed by atoms with E-state index in [9.17, 15) is 9.59 Å². The highest BCUT2D eigenvalue weighted by Gasteiger charge is 2.34. The molecule has 2 amide bonds. The van der Waals surface area contributed by atoms with Gasteiger partial charge in [0.2, 0.25) is 0 Å². The standard InChI is InChI=1S/C24H19Br2NO4S/c1-30-10-9-27-23(28)21(32-24(27)29)13-15-11-19(25)22(20(26)12-15)31-14-17-7-4-6-16-5-2-3-8-18(16)17/h2-8,11-13H,9-10,14H2,1H3/b21-13+. The lowest BCUT2D eigenvalue weighted by Gasteiger charge is -2.13. The average molecular weight is 577 g/mol. The number of rotatable bonds is 7. The highest BCUT2D eigenvalue weighted by atomic mass is 79.9. The van der Waals surface area contributed by atoms with Crippen molar-refractivity contribution in [1.82, 2.24) is 4.90 Å². The number of carbonyl (C=O) groups excluding carboxylic acids is 2. The van der Waals surface area contributed by atoms with Crippen LogP contribution in [0.15, 0.2) is 68.4 Å². The lowest BCUT2D eigenvalue weighted by Crippen LogP contribution is -2.31. The zero-order valence-corrected chi connectivity index (χ0v) is 21.1. The molecule has 3 aromatic rings. The molecular formula is C24H19Br2NO4S. The van der Waals surface area contributed by atoms with Crippen LogP contribution in [-0.4, -0.2) is 36.3 Å². The first-order chi connectivity index (χ1) is 15.5. The molecule has 0 spiro atoms. The molecule has 32 heavy (non-hydrogen) atoms. The van der Waals surface area contributed by atoms with Gasteiger partial charge >= 0.3 is 0 Å². The number of benzene rings is 3. The van der Waals surface area contributed by atoms with Gasteiger partial charge in [0.05, 0.1) is 27.0 Å².